The van der Waals surface area contributed by atoms with Crippen LogP contribution in [0.5, 0.6) is 0 Å². The molecule has 1 aromatic carbocycles. The number of hydrogen-bond acceptors (Lipinski definition) is 5. The molecule has 5 nitrogen and oxygen atoms in total. The Morgan fingerprint density at radius 2 is 2.00 bits per heavy atom. The van der Waals surface area contributed by atoms with Crippen LogP contribution in [0.1, 0.15) is 35.8 Å². The molecule has 0 saturated carbocycles. The molecule has 3 rings (SSSR count). The zero-order valence-electron chi connectivity index (χ0n) is 17.1. The van der Waals surface area contributed by atoms with E-state index in [2.05, 4.69) is 30.7 Å². The van der Waals surface area contributed by atoms with Crippen LogP contribution in [0, 0.1) is 13.8 Å². The van der Waals surface area contributed by atoms with Crippen molar-refractivity contribution in [2.45, 2.75) is 45.3 Å². The van der Waals surface area contributed by atoms with E-state index in [4.69, 9.17) is 0 Å². The highest BCUT2D eigenvalue weighted by Gasteiger charge is 2.17. The SMILES string of the molecule is C=CCn1c(SCC(=O)Nc2ccc(C(C)C)cc2)nc2sc(C)c(C)c2c1=O. The lowest BCUT2D eigenvalue weighted by Gasteiger charge is -2.11. The summed E-state index contributed by atoms with van der Waals surface area (Å²) in [4.78, 5) is 31.8. The molecule has 3 aromatic rings. The van der Waals surface area contributed by atoms with Gasteiger partial charge in [0.1, 0.15) is 4.83 Å². The highest BCUT2D eigenvalue weighted by molar-refractivity contribution is 7.99. The van der Waals surface area contributed by atoms with Crippen molar-refractivity contribution in [2.75, 3.05) is 11.1 Å². The molecule has 0 bridgehead atoms. The van der Waals surface area contributed by atoms with Crippen molar-refractivity contribution in [3.8, 4) is 0 Å². The van der Waals surface area contributed by atoms with Gasteiger partial charge in [-0.1, -0.05) is 43.8 Å². The van der Waals surface area contributed by atoms with Crippen LogP contribution in [0.25, 0.3) is 10.2 Å². The van der Waals surface area contributed by atoms with Crippen LogP contribution >= 0.6 is 23.1 Å². The molecule has 0 radical (unpaired) electrons. The molecule has 0 atom stereocenters. The van der Waals surface area contributed by atoms with Gasteiger partial charge in [-0.2, -0.15) is 0 Å². The second kappa shape index (κ2) is 8.97. The summed E-state index contributed by atoms with van der Waals surface area (Å²) in [5.74, 6) is 0.484. The first-order chi connectivity index (χ1) is 13.8. The van der Waals surface area contributed by atoms with Crippen molar-refractivity contribution in [3.05, 3.63) is 63.3 Å². The lowest BCUT2D eigenvalue weighted by atomic mass is 10.0. The average Bonchev–Trinajstić information content (AvgIpc) is 2.97. The van der Waals surface area contributed by atoms with E-state index >= 15 is 0 Å². The molecule has 7 heteroatoms. The Bertz CT molecular complexity index is 1110. The number of nitrogens with one attached hydrogen (secondary N) is 1. The third kappa shape index (κ3) is 4.62. The normalized spacial score (nSPS) is 11.2. The molecule has 152 valence electrons. The van der Waals surface area contributed by atoms with Gasteiger partial charge in [0.25, 0.3) is 5.56 Å². The molecular formula is C22H25N3O2S2. The predicted molar refractivity (Wildman–Crippen MR) is 123 cm³/mol. The number of aromatic nitrogens is 2. The van der Waals surface area contributed by atoms with Crippen LogP contribution in [-0.2, 0) is 11.3 Å². The third-order valence-corrected chi connectivity index (χ3v) is 6.84. The molecule has 0 aliphatic carbocycles. The Kier molecular flexibility index (Phi) is 6.59. The summed E-state index contributed by atoms with van der Waals surface area (Å²) in [7, 11) is 0. The number of rotatable bonds is 7. The largest absolute Gasteiger partial charge is 0.325 e. The molecular weight excluding hydrogens is 402 g/mol. The Morgan fingerprint density at radius 1 is 1.31 bits per heavy atom. The second-order valence-corrected chi connectivity index (χ2v) is 9.32. The Morgan fingerprint density at radius 3 is 2.62 bits per heavy atom. The van der Waals surface area contributed by atoms with Crippen molar-refractivity contribution in [3.63, 3.8) is 0 Å². The van der Waals surface area contributed by atoms with Gasteiger partial charge in [-0.15, -0.1) is 17.9 Å². The van der Waals surface area contributed by atoms with Gasteiger partial charge in [0.05, 0.1) is 11.1 Å². The molecule has 29 heavy (non-hydrogen) atoms. The number of anilines is 1. The van der Waals surface area contributed by atoms with E-state index in [9.17, 15) is 9.59 Å². The zero-order valence-corrected chi connectivity index (χ0v) is 18.7. The fourth-order valence-corrected chi connectivity index (χ4v) is 4.87. The van der Waals surface area contributed by atoms with Crippen LogP contribution in [-0.4, -0.2) is 21.2 Å². The topological polar surface area (TPSA) is 64.0 Å². The Hall–Kier alpha value is -2.38. The number of hydrogen-bond donors (Lipinski definition) is 1. The molecule has 2 aromatic heterocycles. The van der Waals surface area contributed by atoms with Gasteiger partial charge in [-0.05, 0) is 43.0 Å². The zero-order chi connectivity index (χ0) is 21.1. The van der Waals surface area contributed by atoms with Gasteiger partial charge in [-0.25, -0.2) is 4.98 Å². The van der Waals surface area contributed by atoms with Gasteiger partial charge in [0, 0.05) is 17.1 Å². The first-order valence-corrected chi connectivity index (χ1v) is 11.3. The number of carbonyl (C=O) groups excluding carboxylic acids is 1. The first-order valence-electron chi connectivity index (χ1n) is 9.45. The summed E-state index contributed by atoms with van der Waals surface area (Å²) in [5, 5.41) is 4.10. The number of aryl methyl sites for hydroxylation is 2. The fourth-order valence-electron chi connectivity index (χ4n) is 2.99. The standard InChI is InChI=1S/C22H25N3O2S2/c1-6-11-25-21(27)19-14(4)15(5)29-20(19)24-22(25)28-12-18(26)23-17-9-7-16(8-10-17)13(2)3/h6-10,13H,1,11-12H2,2-5H3,(H,23,26). The maximum Gasteiger partial charge on any atom is 0.263 e. The number of fused-ring (bicyclic) bond motifs is 1. The van der Waals surface area contributed by atoms with Crippen molar-refractivity contribution in [1.82, 2.24) is 9.55 Å². The maximum absolute atomic E-state index is 13.0. The van der Waals surface area contributed by atoms with E-state index < -0.39 is 0 Å². The van der Waals surface area contributed by atoms with Crippen LogP contribution in [0.2, 0.25) is 0 Å². The number of allylic oxidation sites excluding steroid dienone is 1. The quantitative estimate of drug-likeness (QED) is 0.323. The van der Waals surface area contributed by atoms with Crippen LogP contribution in [0.3, 0.4) is 0 Å². The van der Waals surface area contributed by atoms with Gasteiger partial charge in [0.15, 0.2) is 5.16 Å². The third-order valence-electron chi connectivity index (χ3n) is 4.76. The molecule has 1 N–H and O–H groups in total. The van der Waals surface area contributed by atoms with Gasteiger partial charge in [0.2, 0.25) is 5.91 Å². The van der Waals surface area contributed by atoms with E-state index in [0.29, 0.717) is 23.0 Å². The second-order valence-electron chi connectivity index (χ2n) is 7.18. The average molecular weight is 428 g/mol. The number of amides is 1. The minimum atomic E-state index is -0.134. The van der Waals surface area contributed by atoms with E-state index in [0.717, 1.165) is 21.0 Å². The van der Waals surface area contributed by atoms with E-state index in [1.54, 1.807) is 10.6 Å². The van der Waals surface area contributed by atoms with Crippen molar-refractivity contribution in [2.24, 2.45) is 0 Å². The number of thiophene rings is 1. The molecule has 0 unspecified atom stereocenters. The van der Waals surface area contributed by atoms with E-state index in [-0.39, 0.29) is 17.2 Å². The molecule has 0 spiro atoms. The van der Waals surface area contributed by atoms with Gasteiger partial charge < -0.3 is 5.32 Å². The Labute approximate surface area is 178 Å². The fraction of sp³-hybridized carbons (Fsp3) is 0.318. The molecule has 0 fully saturated rings. The van der Waals surface area contributed by atoms with Gasteiger partial charge >= 0.3 is 0 Å². The van der Waals surface area contributed by atoms with Crippen LogP contribution in [0.4, 0.5) is 5.69 Å². The Balaban J connectivity index is 1.78. The molecule has 2 heterocycles. The molecule has 1 amide bonds. The maximum atomic E-state index is 13.0. The van der Waals surface area contributed by atoms with Crippen LogP contribution < -0.4 is 10.9 Å². The highest BCUT2D eigenvalue weighted by atomic mass is 32.2. The minimum Gasteiger partial charge on any atom is -0.325 e. The molecule has 0 saturated heterocycles. The summed E-state index contributed by atoms with van der Waals surface area (Å²) in [6.45, 7) is 12.3. The van der Waals surface area contributed by atoms with Gasteiger partial charge in [-0.3, -0.25) is 14.2 Å². The smallest absolute Gasteiger partial charge is 0.263 e. The van der Waals surface area contributed by atoms with Crippen molar-refractivity contribution in [1.29, 1.82) is 0 Å². The summed E-state index contributed by atoms with van der Waals surface area (Å²) in [5.41, 5.74) is 2.88. The first kappa shape index (κ1) is 21.3. The summed E-state index contributed by atoms with van der Waals surface area (Å²) < 4.78 is 1.59. The number of nitrogens with zero attached hydrogens (tertiary/aromatic N) is 2. The van der Waals surface area contributed by atoms with E-state index in [1.165, 1.54) is 28.7 Å². The predicted octanol–water partition coefficient (Wildman–Crippen LogP) is 5.12. The number of benzene rings is 1. The lowest BCUT2D eigenvalue weighted by Crippen LogP contribution is -2.23. The highest BCUT2D eigenvalue weighted by Crippen LogP contribution is 2.28. The monoisotopic (exact) mass is 427 g/mol. The summed E-state index contributed by atoms with van der Waals surface area (Å²) in [6.07, 6.45) is 1.67. The lowest BCUT2D eigenvalue weighted by molar-refractivity contribution is -0.113. The summed E-state index contributed by atoms with van der Waals surface area (Å²) >= 11 is 2.78. The van der Waals surface area contributed by atoms with Crippen molar-refractivity contribution >= 4 is 44.9 Å². The van der Waals surface area contributed by atoms with Crippen LogP contribution in [0.15, 0.2) is 46.9 Å². The summed E-state index contributed by atoms with van der Waals surface area (Å²) in [6, 6.07) is 7.86. The number of thioether (sulfide) groups is 1. The molecule has 0 aliphatic rings. The molecule has 0 aliphatic heterocycles. The van der Waals surface area contributed by atoms with Crippen molar-refractivity contribution < 1.29 is 4.79 Å². The minimum absolute atomic E-state index is 0.0797. The van der Waals surface area contributed by atoms with E-state index in [1.807, 2.05) is 38.1 Å². The number of carbonyl (C=O) groups is 1.